The molecule has 0 saturated heterocycles. The molecule has 1 heterocycles. The molecule has 1 aliphatic carbocycles. The fourth-order valence-corrected chi connectivity index (χ4v) is 3.55. The average Bonchev–Trinajstić information content (AvgIpc) is 2.77. The summed E-state index contributed by atoms with van der Waals surface area (Å²) in [5.74, 6) is 0. The Balaban J connectivity index is 2.24. The van der Waals surface area contributed by atoms with E-state index in [1.165, 1.54) is 28.4 Å². The summed E-state index contributed by atoms with van der Waals surface area (Å²) in [7, 11) is 1.75. The van der Waals surface area contributed by atoms with E-state index >= 15 is 0 Å². The molecule has 1 aromatic heterocycles. The van der Waals surface area contributed by atoms with Gasteiger partial charge in [-0.2, -0.15) is 0 Å². The number of nitrogens with one attached hydrogen (secondary N) is 1. The van der Waals surface area contributed by atoms with Crippen molar-refractivity contribution in [3.05, 3.63) is 15.6 Å². The van der Waals surface area contributed by atoms with Crippen LogP contribution in [-0.2, 0) is 23.1 Å². The van der Waals surface area contributed by atoms with Crippen molar-refractivity contribution < 1.29 is 4.74 Å². The van der Waals surface area contributed by atoms with Crippen LogP contribution < -0.4 is 5.32 Å². The number of nitrogens with zero attached hydrogens (tertiary/aromatic N) is 1. The molecule has 2 rings (SSSR count). The number of ether oxygens (including phenoxy) is 1. The van der Waals surface area contributed by atoms with E-state index in [2.05, 4.69) is 19.2 Å². The van der Waals surface area contributed by atoms with Gasteiger partial charge in [0, 0.05) is 12.0 Å². The Morgan fingerprint density at radius 2 is 2.31 bits per heavy atom. The highest BCUT2D eigenvalue weighted by molar-refractivity contribution is 7.12. The van der Waals surface area contributed by atoms with Gasteiger partial charge in [0.25, 0.3) is 0 Å². The molecule has 90 valence electrons. The predicted octanol–water partition coefficient (Wildman–Crippen LogP) is 2.10. The van der Waals surface area contributed by atoms with E-state index in [9.17, 15) is 0 Å². The maximum absolute atomic E-state index is 5.32. The topological polar surface area (TPSA) is 34.1 Å². The molecule has 0 amide bonds. The molecule has 1 aliphatic rings. The molecule has 1 N–H and O–H groups in total. The standard InChI is InChI=1S/C12H20N2OS/c1-4-13-12(2,8-15-3)11-14-9-6-5-7-10(9)16-11/h13H,4-8H2,1-3H3. The van der Waals surface area contributed by atoms with Crippen LogP contribution >= 0.6 is 11.3 Å². The Hall–Kier alpha value is -0.450. The van der Waals surface area contributed by atoms with E-state index in [1.807, 2.05) is 11.3 Å². The zero-order valence-electron chi connectivity index (χ0n) is 10.3. The molecule has 1 unspecified atom stereocenters. The highest BCUT2D eigenvalue weighted by atomic mass is 32.1. The number of hydrogen-bond acceptors (Lipinski definition) is 4. The molecule has 4 heteroatoms. The number of methoxy groups -OCH3 is 1. The Morgan fingerprint density at radius 1 is 1.50 bits per heavy atom. The number of rotatable bonds is 5. The van der Waals surface area contributed by atoms with Crippen molar-refractivity contribution in [1.82, 2.24) is 10.3 Å². The van der Waals surface area contributed by atoms with Crippen molar-refractivity contribution in [1.29, 1.82) is 0 Å². The lowest BCUT2D eigenvalue weighted by Gasteiger charge is -2.27. The van der Waals surface area contributed by atoms with Crippen LogP contribution in [0.1, 0.15) is 35.8 Å². The monoisotopic (exact) mass is 240 g/mol. The highest BCUT2D eigenvalue weighted by Gasteiger charge is 2.31. The molecule has 0 fully saturated rings. The quantitative estimate of drug-likeness (QED) is 0.856. The highest BCUT2D eigenvalue weighted by Crippen LogP contribution is 2.33. The van der Waals surface area contributed by atoms with Crippen LogP contribution in [0.15, 0.2) is 0 Å². The van der Waals surface area contributed by atoms with E-state index < -0.39 is 0 Å². The second-order valence-corrected chi connectivity index (χ2v) is 5.62. The van der Waals surface area contributed by atoms with E-state index in [1.54, 1.807) is 7.11 Å². The first kappa shape index (κ1) is 12.0. The molecule has 3 nitrogen and oxygen atoms in total. The summed E-state index contributed by atoms with van der Waals surface area (Å²) in [6, 6.07) is 0. The van der Waals surface area contributed by atoms with E-state index in [-0.39, 0.29) is 5.54 Å². The lowest BCUT2D eigenvalue weighted by Crippen LogP contribution is -2.43. The van der Waals surface area contributed by atoms with Gasteiger partial charge in [0.2, 0.25) is 0 Å². The summed E-state index contributed by atoms with van der Waals surface area (Å²) < 4.78 is 5.32. The number of likely N-dealkylation sites (N-methyl/N-ethyl adjacent to an activating group) is 1. The van der Waals surface area contributed by atoms with Crippen LogP contribution in [0.5, 0.6) is 0 Å². The van der Waals surface area contributed by atoms with E-state index in [4.69, 9.17) is 9.72 Å². The Bertz CT molecular complexity index is 334. The summed E-state index contributed by atoms with van der Waals surface area (Å²) in [5, 5.41) is 4.67. The summed E-state index contributed by atoms with van der Waals surface area (Å²) in [6.07, 6.45) is 3.64. The van der Waals surface area contributed by atoms with Crippen LogP contribution in [0.4, 0.5) is 0 Å². The summed E-state index contributed by atoms with van der Waals surface area (Å²) >= 11 is 1.86. The zero-order chi connectivity index (χ0) is 11.6. The molecule has 16 heavy (non-hydrogen) atoms. The van der Waals surface area contributed by atoms with Crippen LogP contribution in [0.25, 0.3) is 0 Å². The second kappa shape index (κ2) is 4.82. The van der Waals surface area contributed by atoms with Crippen LogP contribution in [0.3, 0.4) is 0 Å². The van der Waals surface area contributed by atoms with Crippen molar-refractivity contribution >= 4 is 11.3 Å². The SMILES string of the molecule is CCNC(C)(COC)c1nc2c(s1)CCC2. The summed E-state index contributed by atoms with van der Waals surface area (Å²) in [5.41, 5.74) is 1.19. The van der Waals surface area contributed by atoms with Gasteiger partial charge in [-0.1, -0.05) is 6.92 Å². The smallest absolute Gasteiger partial charge is 0.115 e. The third-order valence-electron chi connectivity index (χ3n) is 3.07. The van der Waals surface area contributed by atoms with Crippen molar-refractivity contribution in [2.45, 2.75) is 38.6 Å². The molecule has 0 spiro atoms. The fraction of sp³-hybridized carbons (Fsp3) is 0.750. The lowest BCUT2D eigenvalue weighted by atomic mass is 10.1. The Kier molecular flexibility index (Phi) is 3.62. The van der Waals surface area contributed by atoms with Gasteiger partial charge in [-0.25, -0.2) is 4.98 Å². The molecular formula is C12H20N2OS. The molecule has 1 aromatic rings. The Labute approximate surface area is 101 Å². The predicted molar refractivity (Wildman–Crippen MR) is 67.0 cm³/mol. The number of thiazole rings is 1. The number of fused-ring (bicyclic) bond motifs is 1. The average molecular weight is 240 g/mol. The maximum atomic E-state index is 5.32. The van der Waals surface area contributed by atoms with Gasteiger partial charge in [-0.15, -0.1) is 11.3 Å². The first-order valence-electron chi connectivity index (χ1n) is 5.92. The molecule has 0 aliphatic heterocycles. The van der Waals surface area contributed by atoms with E-state index in [0.29, 0.717) is 6.61 Å². The van der Waals surface area contributed by atoms with Gasteiger partial charge >= 0.3 is 0 Å². The normalized spacial score (nSPS) is 18.4. The third kappa shape index (κ3) is 2.14. The summed E-state index contributed by atoms with van der Waals surface area (Å²) in [4.78, 5) is 6.26. The first-order valence-corrected chi connectivity index (χ1v) is 6.74. The van der Waals surface area contributed by atoms with Gasteiger partial charge < -0.3 is 10.1 Å². The number of aromatic nitrogens is 1. The number of aryl methyl sites for hydroxylation is 2. The molecule has 1 atom stereocenters. The molecule has 0 bridgehead atoms. The van der Waals surface area contributed by atoms with Crippen molar-refractivity contribution in [2.24, 2.45) is 0 Å². The molecule has 0 radical (unpaired) electrons. The van der Waals surface area contributed by atoms with Gasteiger partial charge in [-0.05, 0) is 32.7 Å². The van der Waals surface area contributed by atoms with Crippen molar-refractivity contribution in [3.63, 3.8) is 0 Å². The molecule has 0 aromatic carbocycles. The minimum Gasteiger partial charge on any atom is -0.382 e. The van der Waals surface area contributed by atoms with Gasteiger partial charge in [0.1, 0.15) is 5.01 Å². The summed E-state index contributed by atoms with van der Waals surface area (Å²) in [6.45, 7) is 5.90. The zero-order valence-corrected chi connectivity index (χ0v) is 11.1. The third-order valence-corrected chi connectivity index (χ3v) is 4.49. The lowest BCUT2D eigenvalue weighted by molar-refractivity contribution is 0.119. The van der Waals surface area contributed by atoms with Crippen molar-refractivity contribution in [2.75, 3.05) is 20.3 Å². The maximum Gasteiger partial charge on any atom is 0.115 e. The largest absolute Gasteiger partial charge is 0.382 e. The fourth-order valence-electron chi connectivity index (χ4n) is 2.29. The van der Waals surface area contributed by atoms with Gasteiger partial charge in [0.05, 0.1) is 17.8 Å². The minimum absolute atomic E-state index is 0.126. The Morgan fingerprint density at radius 3 is 2.94 bits per heavy atom. The molecular weight excluding hydrogens is 220 g/mol. The van der Waals surface area contributed by atoms with Crippen LogP contribution in [0.2, 0.25) is 0 Å². The first-order chi connectivity index (χ1) is 7.69. The van der Waals surface area contributed by atoms with Crippen molar-refractivity contribution in [3.8, 4) is 0 Å². The van der Waals surface area contributed by atoms with Crippen LogP contribution in [-0.4, -0.2) is 25.2 Å². The van der Waals surface area contributed by atoms with Gasteiger partial charge in [0.15, 0.2) is 0 Å². The molecule has 0 saturated carbocycles. The second-order valence-electron chi connectivity index (χ2n) is 4.54. The number of hydrogen-bond donors (Lipinski definition) is 1. The van der Waals surface area contributed by atoms with E-state index in [0.717, 1.165) is 13.0 Å². The minimum atomic E-state index is -0.126. The van der Waals surface area contributed by atoms with Crippen LogP contribution in [0, 0.1) is 0 Å². The van der Waals surface area contributed by atoms with Gasteiger partial charge in [-0.3, -0.25) is 0 Å².